The van der Waals surface area contributed by atoms with E-state index in [0.717, 1.165) is 11.3 Å². The Balaban J connectivity index is 2.92. The van der Waals surface area contributed by atoms with E-state index in [1.807, 2.05) is 26.8 Å². The molecule has 5 heteroatoms. The zero-order chi connectivity index (χ0) is 14.6. The number of rotatable bonds is 6. The van der Waals surface area contributed by atoms with Crippen LogP contribution in [0, 0.1) is 12.3 Å². The van der Waals surface area contributed by atoms with Gasteiger partial charge in [-0.3, -0.25) is 4.79 Å². The van der Waals surface area contributed by atoms with Crippen molar-refractivity contribution in [1.82, 2.24) is 4.90 Å². The molecule has 1 aromatic heterocycles. The average molecular weight is 282 g/mol. The van der Waals surface area contributed by atoms with Crippen LogP contribution in [0.4, 0.5) is 0 Å². The van der Waals surface area contributed by atoms with Gasteiger partial charge in [-0.05, 0) is 25.8 Å². The van der Waals surface area contributed by atoms with Gasteiger partial charge in [0.05, 0.1) is 16.7 Å². The number of aryl methyl sites for hydroxylation is 1. The number of carbonyl (C=O) groups excluding carboxylic acids is 1. The minimum Gasteiger partial charge on any atom is -0.469 e. The van der Waals surface area contributed by atoms with Crippen LogP contribution < -0.4 is 5.73 Å². The number of nitrogens with two attached hydrogens (primary N) is 1. The molecule has 0 aliphatic heterocycles. The second-order valence-electron chi connectivity index (χ2n) is 4.82. The molecule has 19 heavy (non-hydrogen) atoms. The lowest BCUT2D eigenvalue weighted by Gasteiger charge is -2.33. The second-order valence-corrected chi connectivity index (χ2v) is 5.26. The SMILES string of the molecule is CCC(CC)(C(=O)N(C)Cc1ccoc1C)C(N)=S. The van der Waals surface area contributed by atoms with E-state index in [2.05, 4.69) is 0 Å². The maximum atomic E-state index is 12.6. The minimum atomic E-state index is -0.734. The first kappa shape index (κ1) is 15.7. The van der Waals surface area contributed by atoms with E-state index >= 15 is 0 Å². The van der Waals surface area contributed by atoms with Crippen LogP contribution in [0.15, 0.2) is 16.7 Å². The number of nitrogens with zero attached hydrogens (tertiary/aromatic N) is 1. The Morgan fingerprint density at radius 3 is 2.42 bits per heavy atom. The van der Waals surface area contributed by atoms with E-state index in [9.17, 15) is 4.79 Å². The fourth-order valence-electron chi connectivity index (χ4n) is 2.27. The molecule has 106 valence electrons. The molecular formula is C14H22N2O2S. The molecule has 2 N–H and O–H groups in total. The monoisotopic (exact) mass is 282 g/mol. The number of thiocarbonyl (C=S) groups is 1. The van der Waals surface area contributed by atoms with Crippen LogP contribution in [-0.4, -0.2) is 22.8 Å². The maximum Gasteiger partial charge on any atom is 0.235 e. The molecular weight excluding hydrogens is 260 g/mol. The number of amides is 1. The van der Waals surface area contributed by atoms with Crippen LogP contribution in [0.3, 0.4) is 0 Å². The molecule has 0 aromatic carbocycles. The summed E-state index contributed by atoms with van der Waals surface area (Å²) in [6, 6.07) is 1.87. The minimum absolute atomic E-state index is 0.0226. The first-order chi connectivity index (χ1) is 8.89. The largest absolute Gasteiger partial charge is 0.469 e. The predicted octanol–water partition coefficient (Wildman–Crippen LogP) is 2.64. The van der Waals surface area contributed by atoms with Crippen molar-refractivity contribution in [2.75, 3.05) is 7.05 Å². The van der Waals surface area contributed by atoms with Gasteiger partial charge in [0.2, 0.25) is 5.91 Å². The van der Waals surface area contributed by atoms with Crippen LogP contribution in [0.1, 0.15) is 38.0 Å². The fraction of sp³-hybridized carbons (Fsp3) is 0.571. The Labute approximate surface area is 119 Å². The third-order valence-electron chi connectivity index (χ3n) is 3.81. The molecule has 0 saturated carbocycles. The van der Waals surface area contributed by atoms with Gasteiger partial charge >= 0.3 is 0 Å². The van der Waals surface area contributed by atoms with Gasteiger partial charge in [0.25, 0.3) is 0 Å². The highest BCUT2D eigenvalue weighted by atomic mass is 32.1. The van der Waals surface area contributed by atoms with Gasteiger partial charge in [-0.25, -0.2) is 0 Å². The molecule has 1 aromatic rings. The van der Waals surface area contributed by atoms with Crippen molar-refractivity contribution < 1.29 is 9.21 Å². The summed E-state index contributed by atoms with van der Waals surface area (Å²) in [6.07, 6.45) is 2.86. The lowest BCUT2D eigenvalue weighted by molar-refractivity contribution is -0.137. The van der Waals surface area contributed by atoms with Gasteiger partial charge in [0.15, 0.2) is 0 Å². The molecule has 0 atom stereocenters. The van der Waals surface area contributed by atoms with Crippen LogP contribution >= 0.6 is 12.2 Å². The van der Waals surface area contributed by atoms with E-state index in [1.165, 1.54) is 0 Å². The summed E-state index contributed by atoms with van der Waals surface area (Å²) in [5.41, 5.74) is 6.07. The predicted molar refractivity (Wildman–Crippen MR) is 79.7 cm³/mol. The molecule has 0 unspecified atom stereocenters. The van der Waals surface area contributed by atoms with Gasteiger partial charge < -0.3 is 15.1 Å². The highest BCUT2D eigenvalue weighted by Crippen LogP contribution is 2.30. The summed E-state index contributed by atoms with van der Waals surface area (Å²) >= 11 is 5.11. The topological polar surface area (TPSA) is 59.5 Å². The smallest absolute Gasteiger partial charge is 0.235 e. The third kappa shape index (κ3) is 2.97. The third-order valence-corrected chi connectivity index (χ3v) is 4.20. The molecule has 0 bridgehead atoms. The second kappa shape index (κ2) is 6.19. The molecule has 0 aliphatic carbocycles. The molecule has 0 aliphatic rings. The van der Waals surface area contributed by atoms with Crippen molar-refractivity contribution >= 4 is 23.1 Å². The summed E-state index contributed by atoms with van der Waals surface area (Å²) in [4.78, 5) is 14.6. The standard InChI is InChI=1S/C14H22N2O2S/c1-5-14(6-2,12(15)19)13(17)16(4)9-11-7-8-18-10(11)3/h7-8H,5-6,9H2,1-4H3,(H2,15,19). The maximum absolute atomic E-state index is 12.6. The van der Waals surface area contributed by atoms with Crippen molar-refractivity contribution in [2.45, 2.75) is 40.2 Å². The molecule has 1 amide bonds. The highest BCUT2D eigenvalue weighted by molar-refractivity contribution is 7.80. The van der Waals surface area contributed by atoms with E-state index in [-0.39, 0.29) is 10.9 Å². The van der Waals surface area contributed by atoms with Crippen LogP contribution in [-0.2, 0) is 11.3 Å². The van der Waals surface area contributed by atoms with Crippen molar-refractivity contribution in [2.24, 2.45) is 11.1 Å². The summed E-state index contributed by atoms with van der Waals surface area (Å²) in [7, 11) is 1.77. The zero-order valence-corrected chi connectivity index (χ0v) is 12.8. The Bertz CT molecular complexity index is 464. The average Bonchev–Trinajstić information content (AvgIpc) is 2.76. The van der Waals surface area contributed by atoms with Crippen molar-refractivity contribution in [3.8, 4) is 0 Å². The Kier molecular flexibility index (Phi) is 5.11. The van der Waals surface area contributed by atoms with Crippen molar-refractivity contribution in [3.63, 3.8) is 0 Å². The molecule has 1 rings (SSSR count). The summed E-state index contributed by atoms with van der Waals surface area (Å²) in [5.74, 6) is 0.805. The van der Waals surface area contributed by atoms with Crippen LogP contribution in [0.2, 0.25) is 0 Å². The molecule has 1 heterocycles. The van der Waals surface area contributed by atoms with Gasteiger partial charge in [-0.1, -0.05) is 26.1 Å². The van der Waals surface area contributed by atoms with Crippen molar-refractivity contribution in [3.05, 3.63) is 23.7 Å². The number of hydrogen-bond acceptors (Lipinski definition) is 3. The van der Waals surface area contributed by atoms with Crippen LogP contribution in [0.25, 0.3) is 0 Å². The Hall–Kier alpha value is -1.36. The molecule has 4 nitrogen and oxygen atoms in total. The van der Waals surface area contributed by atoms with Gasteiger partial charge in [0.1, 0.15) is 5.76 Å². The highest BCUT2D eigenvalue weighted by Gasteiger charge is 2.40. The van der Waals surface area contributed by atoms with Gasteiger partial charge in [0, 0.05) is 19.2 Å². The number of carbonyl (C=O) groups is 1. The van der Waals surface area contributed by atoms with Crippen molar-refractivity contribution in [1.29, 1.82) is 0 Å². The molecule has 0 radical (unpaired) electrons. The van der Waals surface area contributed by atoms with Crippen LogP contribution in [0.5, 0.6) is 0 Å². The first-order valence-electron chi connectivity index (χ1n) is 6.47. The van der Waals surface area contributed by atoms with E-state index in [4.69, 9.17) is 22.4 Å². The van der Waals surface area contributed by atoms with E-state index in [1.54, 1.807) is 18.2 Å². The zero-order valence-electron chi connectivity index (χ0n) is 12.0. The Morgan fingerprint density at radius 2 is 2.05 bits per heavy atom. The summed E-state index contributed by atoms with van der Waals surface area (Å²) < 4.78 is 5.24. The number of furan rings is 1. The first-order valence-corrected chi connectivity index (χ1v) is 6.88. The fourth-order valence-corrected chi connectivity index (χ4v) is 2.65. The normalized spacial score (nSPS) is 11.4. The van der Waals surface area contributed by atoms with Gasteiger partial charge in [-0.15, -0.1) is 0 Å². The number of hydrogen-bond donors (Lipinski definition) is 1. The lowest BCUT2D eigenvalue weighted by atomic mass is 9.80. The van der Waals surface area contributed by atoms with Gasteiger partial charge in [-0.2, -0.15) is 0 Å². The summed E-state index contributed by atoms with van der Waals surface area (Å²) in [6.45, 7) is 6.27. The Morgan fingerprint density at radius 1 is 1.47 bits per heavy atom. The lowest BCUT2D eigenvalue weighted by Crippen LogP contribution is -2.48. The summed E-state index contributed by atoms with van der Waals surface area (Å²) in [5, 5.41) is 0. The van der Waals surface area contributed by atoms with E-state index < -0.39 is 5.41 Å². The molecule has 0 saturated heterocycles. The van der Waals surface area contributed by atoms with E-state index in [0.29, 0.717) is 19.4 Å². The quantitative estimate of drug-likeness (QED) is 0.815. The molecule has 0 fully saturated rings. The molecule has 0 spiro atoms.